The van der Waals surface area contributed by atoms with Gasteiger partial charge in [0.2, 0.25) is 0 Å². The molecule has 0 radical (unpaired) electrons. The van der Waals surface area contributed by atoms with Crippen molar-refractivity contribution >= 4 is 19.8 Å². The lowest BCUT2D eigenvalue weighted by molar-refractivity contribution is -0.870. The zero-order valence-electron chi connectivity index (χ0n) is 34.7. The smallest absolute Gasteiger partial charge is 0.462 e. The maximum absolute atomic E-state index is 12.7. The van der Waals surface area contributed by atoms with E-state index in [0.29, 0.717) is 17.4 Å². The van der Waals surface area contributed by atoms with Crippen molar-refractivity contribution in [3.63, 3.8) is 0 Å². The molecule has 0 aliphatic heterocycles. The van der Waals surface area contributed by atoms with Crippen LogP contribution in [-0.2, 0) is 32.7 Å². The van der Waals surface area contributed by atoms with Gasteiger partial charge in [0.05, 0.1) is 27.7 Å². The summed E-state index contributed by atoms with van der Waals surface area (Å²) in [5.74, 6) is -0.808. The zero-order valence-corrected chi connectivity index (χ0v) is 35.6. The van der Waals surface area contributed by atoms with Gasteiger partial charge in [-0.15, -0.1) is 0 Å². The maximum atomic E-state index is 12.7. The Morgan fingerprint density at radius 3 is 1.60 bits per heavy atom. The van der Waals surface area contributed by atoms with Crippen LogP contribution in [0.15, 0.2) is 36.5 Å². The first-order valence-electron chi connectivity index (χ1n) is 21.2. The standard InChI is InChI=1S/C43H80NO8P/c1-6-8-10-12-14-16-18-20-21-22-23-24-26-28-30-32-34-36-43(46)52-41(40-51-53(47,48)50-38-37-44(3,4)5)39-49-42(45)35-33-31-29-27-25-19-17-15-13-11-9-7-2/h8,10,14,16,20-21,41H,6-7,9,11-13,15,17-19,22-40H2,1-5H3/p+1/b10-8-,16-14-,21-20-. The van der Waals surface area contributed by atoms with E-state index in [0.717, 1.165) is 64.2 Å². The van der Waals surface area contributed by atoms with Crippen LogP contribution in [0.4, 0.5) is 0 Å². The lowest BCUT2D eigenvalue weighted by Crippen LogP contribution is -2.37. The minimum Gasteiger partial charge on any atom is -0.462 e. The van der Waals surface area contributed by atoms with Crippen LogP contribution in [0, 0.1) is 0 Å². The average molecular weight is 771 g/mol. The van der Waals surface area contributed by atoms with Crippen molar-refractivity contribution in [3.05, 3.63) is 36.5 Å². The highest BCUT2D eigenvalue weighted by Gasteiger charge is 2.27. The normalized spacial score (nSPS) is 14.0. The minimum atomic E-state index is -4.37. The van der Waals surface area contributed by atoms with Crippen LogP contribution in [-0.4, -0.2) is 74.9 Å². The van der Waals surface area contributed by atoms with Gasteiger partial charge in [-0.05, 0) is 44.9 Å². The molecule has 0 aromatic carbocycles. The summed E-state index contributed by atoms with van der Waals surface area (Å²) in [4.78, 5) is 35.3. The number of likely N-dealkylation sites (N-methyl/N-ethyl adjacent to an activating group) is 1. The molecule has 0 bridgehead atoms. The summed E-state index contributed by atoms with van der Waals surface area (Å²) in [6.07, 6.45) is 39.0. The van der Waals surface area contributed by atoms with Crippen LogP contribution in [0.3, 0.4) is 0 Å². The molecule has 2 unspecified atom stereocenters. The Labute approximate surface area is 325 Å². The highest BCUT2D eigenvalue weighted by atomic mass is 31.2. The molecule has 0 spiro atoms. The Hall–Kier alpha value is -1.77. The molecule has 0 heterocycles. The quantitative estimate of drug-likeness (QED) is 0.0217. The number of esters is 2. The van der Waals surface area contributed by atoms with Crippen molar-refractivity contribution in [2.75, 3.05) is 47.5 Å². The van der Waals surface area contributed by atoms with Gasteiger partial charge in [-0.2, -0.15) is 0 Å². The van der Waals surface area contributed by atoms with E-state index in [1.54, 1.807) is 0 Å². The summed E-state index contributed by atoms with van der Waals surface area (Å²) in [6, 6.07) is 0. The molecule has 53 heavy (non-hydrogen) atoms. The van der Waals surface area contributed by atoms with E-state index in [9.17, 15) is 19.0 Å². The first-order chi connectivity index (χ1) is 25.5. The number of hydrogen-bond donors (Lipinski definition) is 1. The van der Waals surface area contributed by atoms with Crippen LogP contribution < -0.4 is 0 Å². The Morgan fingerprint density at radius 2 is 1.08 bits per heavy atom. The fraction of sp³-hybridized carbons (Fsp3) is 0.814. The highest BCUT2D eigenvalue weighted by Crippen LogP contribution is 2.43. The van der Waals surface area contributed by atoms with E-state index in [-0.39, 0.29) is 32.0 Å². The summed E-state index contributed by atoms with van der Waals surface area (Å²) in [6.45, 7) is 4.29. The number of rotatable bonds is 38. The van der Waals surface area contributed by atoms with E-state index in [4.69, 9.17) is 18.5 Å². The first kappa shape index (κ1) is 51.2. The average Bonchev–Trinajstić information content (AvgIpc) is 3.10. The molecule has 0 amide bonds. The largest absolute Gasteiger partial charge is 0.472 e. The van der Waals surface area contributed by atoms with Gasteiger partial charge in [0, 0.05) is 12.8 Å². The molecule has 0 aromatic heterocycles. The number of nitrogens with zero attached hydrogens (tertiary/aromatic N) is 1. The number of carbonyl (C=O) groups excluding carboxylic acids is 2. The second-order valence-corrected chi connectivity index (χ2v) is 16.8. The molecular formula is C43H81NO8P+. The lowest BCUT2D eigenvalue weighted by atomic mass is 10.0. The molecule has 310 valence electrons. The molecular weight excluding hydrogens is 689 g/mol. The number of phosphoric ester groups is 1. The summed E-state index contributed by atoms with van der Waals surface area (Å²) >= 11 is 0. The topological polar surface area (TPSA) is 108 Å². The van der Waals surface area contributed by atoms with Gasteiger partial charge in [0.15, 0.2) is 6.10 Å². The van der Waals surface area contributed by atoms with Gasteiger partial charge in [-0.1, -0.05) is 153 Å². The van der Waals surface area contributed by atoms with E-state index in [2.05, 4.69) is 50.3 Å². The summed E-state index contributed by atoms with van der Waals surface area (Å²) in [7, 11) is 1.47. The second kappa shape index (κ2) is 35.9. The molecule has 0 aromatic rings. The Bertz CT molecular complexity index is 1010. The van der Waals surface area contributed by atoms with Crippen LogP contribution in [0.25, 0.3) is 0 Å². The molecule has 0 aliphatic rings. The van der Waals surface area contributed by atoms with Gasteiger partial charge in [0.25, 0.3) is 0 Å². The summed E-state index contributed by atoms with van der Waals surface area (Å²) in [5.41, 5.74) is 0. The Balaban J connectivity index is 4.38. The fourth-order valence-corrected chi connectivity index (χ4v) is 6.36. The number of phosphoric acid groups is 1. The molecule has 0 saturated carbocycles. The number of quaternary nitrogens is 1. The molecule has 10 heteroatoms. The van der Waals surface area contributed by atoms with Crippen molar-refractivity contribution in [2.45, 2.75) is 180 Å². The number of unbranched alkanes of at least 4 members (excludes halogenated alkanes) is 18. The third-order valence-electron chi connectivity index (χ3n) is 8.93. The molecule has 2 atom stereocenters. The van der Waals surface area contributed by atoms with Gasteiger partial charge in [0.1, 0.15) is 19.8 Å². The number of ether oxygens (including phenoxy) is 2. The minimum absolute atomic E-state index is 0.0300. The zero-order chi connectivity index (χ0) is 39.3. The lowest BCUT2D eigenvalue weighted by Gasteiger charge is -2.24. The van der Waals surface area contributed by atoms with Gasteiger partial charge < -0.3 is 18.9 Å². The van der Waals surface area contributed by atoms with E-state index < -0.39 is 26.5 Å². The third-order valence-corrected chi connectivity index (χ3v) is 9.92. The molecule has 0 fully saturated rings. The van der Waals surface area contributed by atoms with Crippen molar-refractivity contribution in [1.29, 1.82) is 0 Å². The number of hydrogen-bond acceptors (Lipinski definition) is 7. The van der Waals surface area contributed by atoms with Gasteiger partial charge in [-0.3, -0.25) is 18.6 Å². The third kappa shape index (κ3) is 39.7. The van der Waals surface area contributed by atoms with Crippen LogP contribution in [0.5, 0.6) is 0 Å². The van der Waals surface area contributed by atoms with Gasteiger partial charge in [-0.25, -0.2) is 4.57 Å². The van der Waals surface area contributed by atoms with E-state index in [1.807, 2.05) is 21.1 Å². The monoisotopic (exact) mass is 771 g/mol. The molecule has 0 saturated heterocycles. The first-order valence-corrected chi connectivity index (χ1v) is 22.7. The Kier molecular flexibility index (Phi) is 34.7. The molecule has 0 aliphatic carbocycles. The van der Waals surface area contributed by atoms with E-state index in [1.165, 1.54) is 77.0 Å². The van der Waals surface area contributed by atoms with E-state index >= 15 is 0 Å². The maximum Gasteiger partial charge on any atom is 0.472 e. The molecule has 0 rings (SSSR count). The Morgan fingerprint density at radius 1 is 0.604 bits per heavy atom. The van der Waals surface area contributed by atoms with Crippen molar-refractivity contribution in [2.24, 2.45) is 0 Å². The van der Waals surface area contributed by atoms with Crippen LogP contribution >= 0.6 is 7.82 Å². The molecule has 9 nitrogen and oxygen atoms in total. The summed E-state index contributed by atoms with van der Waals surface area (Å²) in [5, 5.41) is 0. The fourth-order valence-electron chi connectivity index (χ4n) is 5.62. The molecule has 1 N–H and O–H groups in total. The number of carbonyl (C=O) groups is 2. The second-order valence-electron chi connectivity index (χ2n) is 15.4. The highest BCUT2D eigenvalue weighted by molar-refractivity contribution is 7.47. The van der Waals surface area contributed by atoms with Gasteiger partial charge >= 0.3 is 19.8 Å². The van der Waals surface area contributed by atoms with Crippen molar-refractivity contribution in [3.8, 4) is 0 Å². The van der Waals surface area contributed by atoms with Crippen molar-refractivity contribution < 1.29 is 42.1 Å². The predicted octanol–water partition coefficient (Wildman–Crippen LogP) is 11.7. The predicted molar refractivity (Wildman–Crippen MR) is 220 cm³/mol. The van der Waals surface area contributed by atoms with Crippen molar-refractivity contribution in [1.82, 2.24) is 0 Å². The van der Waals surface area contributed by atoms with Crippen LogP contribution in [0.1, 0.15) is 174 Å². The van der Waals surface area contributed by atoms with Crippen LogP contribution in [0.2, 0.25) is 0 Å². The summed E-state index contributed by atoms with van der Waals surface area (Å²) < 4.78 is 34.2. The number of allylic oxidation sites excluding steroid dienone is 6. The SMILES string of the molecule is CC/C=C\C/C=C\C/C=C\CCCCCCCCCC(=O)OC(COC(=O)CCCCCCCCCCCCCC)COP(=O)(O)OCC[N+](C)(C)C.